The van der Waals surface area contributed by atoms with Crippen LogP contribution in [-0.2, 0) is 24.8 Å². The normalized spacial score (nSPS) is 12.9. The van der Waals surface area contributed by atoms with Gasteiger partial charge in [0, 0.05) is 46.9 Å². The SMILES string of the molecule is CC(C)(C)OC(=O)NCCCC(NC(=O)OC(C)(C)C)C(=O)OCCOc1ccc(-c2c(C#N)c(SCc3csc(-c4ccc(Cl)cc4)n3)nc(N3CCC3)c2C#N)cc1. The van der Waals surface area contributed by atoms with Gasteiger partial charge in [-0.25, -0.2) is 24.4 Å². The van der Waals surface area contributed by atoms with Crippen LogP contribution in [0.25, 0.3) is 21.7 Å². The lowest BCUT2D eigenvalue weighted by atomic mass is 9.96. The first-order valence-corrected chi connectivity index (χ1v) is 21.6. The van der Waals surface area contributed by atoms with E-state index in [2.05, 4.69) is 22.8 Å². The largest absolute Gasteiger partial charge is 0.490 e. The zero-order valence-electron chi connectivity index (χ0n) is 34.4. The molecule has 1 fully saturated rings. The molecule has 60 heavy (non-hydrogen) atoms. The van der Waals surface area contributed by atoms with Crippen molar-refractivity contribution in [3.63, 3.8) is 0 Å². The highest BCUT2D eigenvalue weighted by molar-refractivity contribution is 7.98. The third-order valence-corrected chi connectivity index (χ3v) is 10.8. The van der Waals surface area contributed by atoms with E-state index in [0.29, 0.717) is 56.0 Å². The standard InChI is InChI=1S/C43H48ClN7O7S2/c1-42(2,3)57-40(53)47-18-7-9-34(49-41(54)58-43(4,5)6)39(52)56-22-21-55-31-16-12-27(13-17-31)35-32(23-45)36(51-19-8-20-51)50-38(33(35)24-46)60-26-30-25-59-37(48-30)28-10-14-29(44)15-11-28/h10-17,25,34H,7-9,18-22,26H2,1-6H3,(H,47,53)(H,49,54). The van der Waals surface area contributed by atoms with Crippen molar-refractivity contribution in [3.8, 4) is 39.6 Å². The Bertz CT molecular complexity index is 2220. The van der Waals surface area contributed by atoms with Gasteiger partial charge in [-0.2, -0.15) is 10.5 Å². The van der Waals surface area contributed by atoms with E-state index in [4.69, 9.17) is 40.5 Å². The summed E-state index contributed by atoms with van der Waals surface area (Å²) in [7, 11) is 0. The molecule has 2 aromatic carbocycles. The van der Waals surface area contributed by atoms with Gasteiger partial charge in [0.25, 0.3) is 0 Å². The van der Waals surface area contributed by atoms with Crippen molar-refractivity contribution in [1.29, 1.82) is 10.5 Å². The lowest BCUT2D eigenvalue weighted by Crippen LogP contribution is -2.45. The molecule has 0 saturated carbocycles. The first-order chi connectivity index (χ1) is 28.5. The molecule has 1 aliphatic rings. The van der Waals surface area contributed by atoms with E-state index in [-0.39, 0.29) is 26.2 Å². The average molecular weight is 874 g/mol. The highest BCUT2D eigenvalue weighted by Crippen LogP contribution is 2.40. The van der Waals surface area contributed by atoms with Crippen LogP contribution in [0.3, 0.4) is 0 Å². The minimum atomic E-state index is -1.04. The number of carbonyl (C=O) groups excluding carboxylic acids is 3. The number of nitriles is 2. The van der Waals surface area contributed by atoms with E-state index in [1.54, 1.807) is 65.8 Å². The van der Waals surface area contributed by atoms with E-state index in [1.165, 1.54) is 23.1 Å². The number of hydrogen-bond acceptors (Lipinski definition) is 14. The van der Waals surface area contributed by atoms with Gasteiger partial charge in [0.2, 0.25) is 0 Å². The Balaban J connectivity index is 1.23. The Morgan fingerprint density at radius 2 is 1.55 bits per heavy atom. The van der Waals surface area contributed by atoms with E-state index in [1.807, 2.05) is 34.5 Å². The van der Waals surface area contributed by atoms with Crippen LogP contribution in [0.15, 0.2) is 58.9 Å². The number of halogens is 1. The second-order valence-corrected chi connectivity index (χ2v) is 17.9. The predicted molar refractivity (Wildman–Crippen MR) is 231 cm³/mol. The fourth-order valence-corrected chi connectivity index (χ4v) is 7.71. The summed E-state index contributed by atoms with van der Waals surface area (Å²) in [6, 6.07) is 18.1. The molecule has 1 aliphatic heterocycles. The molecule has 17 heteroatoms. The Kier molecular flexibility index (Phi) is 15.6. The molecule has 2 amide bonds. The maximum atomic E-state index is 13.1. The number of esters is 1. The number of hydrogen-bond donors (Lipinski definition) is 2. The first-order valence-electron chi connectivity index (χ1n) is 19.4. The number of carbonyl (C=O) groups is 3. The Labute approximate surface area is 363 Å². The molecule has 14 nitrogen and oxygen atoms in total. The van der Waals surface area contributed by atoms with Gasteiger partial charge >= 0.3 is 18.2 Å². The van der Waals surface area contributed by atoms with Crippen LogP contribution in [0.2, 0.25) is 5.02 Å². The summed E-state index contributed by atoms with van der Waals surface area (Å²) in [6.45, 7) is 12.0. The van der Waals surface area contributed by atoms with Crippen molar-refractivity contribution in [2.24, 2.45) is 0 Å². The zero-order valence-corrected chi connectivity index (χ0v) is 36.8. The summed E-state index contributed by atoms with van der Waals surface area (Å²) < 4.78 is 21.9. The van der Waals surface area contributed by atoms with Crippen LogP contribution < -0.4 is 20.3 Å². The molecule has 0 aliphatic carbocycles. The summed E-state index contributed by atoms with van der Waals surface area (Å²) in [4.78, 5) is 49.3. The average Bonchev–Trinajstić information content (AvgIpc) is 3.64. The molecular formula is C43H48ClN7O7S2. The highest BCUT2D eigenvalue weighted by atomic mass is 35.5. The van der Waals surface area contributed by atoms with Gasteiger partial charge in [0.15, 0.2) is 0 Å². The number of nitrogens with one attached hydrogen (secondary N) is 2. The molecular weight excluding hydrogens is 826 g/mol. The number of anilines is 1. The fraction of sp³-hybridized carbons (Fsp3) is 0.419. The fourth-order valence-electron chi connectivity index (χ4n) is 5.78. The van der Waals surface area contributed by atoms with Gasteiger partial charge in [-0.3, -0.25) is 0 Å². The molecule has 3 heterocycles. The molecule has 0 radical (unpaired) electrons. The summed E-state index contributed by atoms with van der Waals surface area (Å²) in [5, 5.41) is 30.1. The Morgan fingerprint density at radius 1 is 0.900 bits per heavy atom. The number of aromatic nitrogens is 2. The van der Waals surface area contributed by atoms with E-state index >= 15 is 0 Å². The number of rotatable bonds is 16. The van der Waals surface area contributed by atoms with Gasteiger partial charge in [-0.15, -0.1) is 11.3 Å². The van der Waals surface area contributed by atoms with E-state index in [0.717, 1.165) is 35.8 Å². The summed E-state index contributed by atoms with van der Waals surface area (Å²) in [5.41, 5.74) is 2.12. The number of amides is 2. The Morgan fingerprint density at radius 3 is 2.17 bits per heavy atom. The number of thioether (sulfide) groups is 1. The van der Waals surface area contributed by atoms with Crippen molar-refractivity contribution in [3.05, 3.63) is 75.8 Å². The maximum Gasteiger partial charge on any atom is 0.408 e. The van der Waals surface area contributed by atoms with Gasteiger partial charge in [0.05, 0.1) is 11.3 Å². The van der Waals surface area contributed by atoms with Gasteiger partial charge in [-0.1, -0.05) is 47.6 Å². The summed E-state index contributed by atoms with van der Waals surface area (Å²) in [6.07, 6.45) is 0.118. The molecule has 0 bridgehead atoms. The molecule has 1 unspecified atom stereocenters. The number of thiazole rings is 1. The second-order valence-electron chi connectivity index (χ2n) is 15.7. The molecule has 4 aromatic rings. The van der Waals surface area contributed by atoms with Crippen LogP contribution in [-0.4, -0.2) is 78.2 Å². The minimum Gasteiger partial charge on any atom is -0.490 e. The maximum absolute atomic E-state index is 13.1. The molecule has 2 aromatic heterocycles. The lowest BCUT2D eigenvalue weighted by molar-refractivity contribution is -0.147. The second kappa shape index (κ2) is 20.6. The van der Waals surface area contributed by atoms with Crippen LogP contribution in [0.1, 0.15) is 77.6 Å². The van der Waals surface area contributed by atoms with E-state index < -0.39 is 35.4 Å². The molecule has 5 rings (SSSR count). The van der Waals surface area contributed by atoms with Crippen molar-refractivity contribution in [2.75, 3.05) is 37.7 Å². The number of ether oxygens (including phenoxy) is 4. The van der Waals surface area contributed by atoms with Crippen molar-refractivity contribution < 1.29 is 33.3 Å². The van der Waals surface area contributed by atoms with Crippen LogP contribution in [0.4, 0.5) is 15.4 Å². The van der Waals surface area contributed by atoms with Gasteiger partial charge in [-0.05, 0) is 90.6 Å². The first kappa shape index (κ1) is 45.5. The highest BCUT2D eigenvalue weighted by Gasteiger charge is 2.28. The minimum absolute atomic E-state index is 0.00282. The Hall–Kier alpha value is -5.55. The molecule has 1 saturated heterocycles. The molecule has 316 valence electrons. The topological polar surface area (TPSA) is 189 Å². The number of benzene rings is 2. The van der Waals surface area contributed by atoms with Gasteiger partial charge in [0.1, 0.15) is 69.8 Å². The summed E-state index contributed by atoms with van der Waals surface area (Å²) in [5.74, 6) is 0.791. The van der Waals surface area contributed by atoms with E-state index in [9.17, 15) is 24.9 Å². The van der Waals surface area contributed by atoms with Crippen LogP contribution in [0.5, 0.6) is 5.75 Å². The third kappa shape index (κ3) is 13.2. The van der Waals surface area contributed by atoms with Crippen molar-refractivity contribution >= 4 is 58.7 Å². The number of alkyl carbamates (subject to hydrolysis) is 2. The molecule has 0 spiro atoms. The monoisotopic (exact) mass is 873 g/mol. The smallest absolute Gasteiger partial charge is 0.408 e. The molecule has 2 N–H and O–H groups in total. The van der Waals surface area contributed by atoms with Crippen LogP contribution in [0, 0.1) is 22.7 Å². The van der Waals surface area contributed by atoms with Crippen LogP contribution >= 0.6 is 34.7 Å². The predicted octanol–water partition coefficient (Wildman–Crippen LogP) is 8.89. The quantitative estimate of drug-likeness (QED) is 0.0470. The summed E-state index contributed by atoms with van der Waals surface area (Å²) >= 11 is 8.99. The molecule has 1 atom stereocenters. The number of pyridine rings is 1. The van der Waals surface area contributed by atoms with Crippen molar-refractivity contribution in [1.82, 2.24) is 20.6 Å². The van der Waals surface area contributed by atoms with Gasteiger partial charge < -0.3 is 34.5 Å². The zero-order chi connectivity index (χ0) is 43.5. The lowest BCUT2D eigenvalue weighted by Gasteiger charge is -2.33. The number of nitrogens with zero attached hydrogens (tertiary/aromatic N) is 5. The van der Waals surface area contributed by atoms with Crippen molar-refractivity contribution in [2.45, 2.75) is 88.8 Å². The third-order valence-electron chi connectivity index (χ3n) is 8.58.